The molecule has 0 atom stereocenters. The Hall–Kier alpha value is -2.21. The minimum Gasteiger partial charge on any atom is -0.452 e. The van der Waals surface area contributed by atoms with Crippen LogP contribution in [0.4, 0.5) is 5.69 Å². The summed E-state index contributed by atoms with van der Waals surface area (Å²) in [6, 6.07) is 8.64. The summed E-state index contributed by atoms with van der Waals surface area (Å²) < 4.78 is 5.81. The number of nitrogens with one attached hydrogen (secondary N) is 1. The fraction of sp³-hybridized carbons (Fsp3) is 0.133. The number of halogens is 1. The maximum atomic E-state index is 11.7. The van der Waals surface area contributed by atoms with Gasteiger partial charge in [0.25, 0.3) is 5.91 Å². The molecule has 5 nitrogen and oxygen atoms in total. The molecule has 21 heavy (non-hydrogen) atoms. The van der Waals surface area contributed by atoms with Gasteiger partial charge in [-0.25, -0.2) is 4.79 Å². The Morgan fingerprint density at radius 3 is 2.81 bits per heavy atom. The average molecular weight is 349 g/mol. The van der Waals surface area contributed by atoms with Crippen molar-refractivity contribution in [2.75, 3.05) is 11.9 Å². The van der Waals surface area contributed by atoms with Crippen molar-refractivity contribution in [3.63, 3.8) is 0 Å². The van der Waals surface area contributed by atoms with Gasteiger partial charge in [-0.3, -0.25) is 9.78 Å². The lowest BCUT2D eigenvalue weighted by Crippen LogP contribution is -2.21. The van der Waals surface area contributed by atoms with Gasteiger partial charge < -0.3 is 10.1 Å². The first-order valence-corrected chi connectivity index (χ1v) is 6.99. The normalized spacial score (nSPS) is 10.0. The first-order valence-electron chi connectivity index (χ1n) is 6.19. The fourth-order valence-electron chi connectivity index (χ4n) is 1.57. The smallest absolute Gasteiger partial charge is 0.340 e. The second kappa shape index (κ2) is 6.99. The van der Waals surface area contributed by atoms with Crippen LogP contribution in [0.3, 0.4) is 0 Å². The number of nitrogens with zero attached hydrogens (tertiary/aromatic N) is 1. The van der Waals surface area contributed by atoms with Crippen LogP contribution in [0.15, 0.2) is 47.2 Å². The molecule has 2 aromatic rings. The zero-order valence-corrected chi connectivity index (χ0v) is 12.9. The van der Waals surface area contributed by atoms with Crippen LogP contribution < -0.4 is 5.32 Å². The fourth-order valence-corrected chi connectivity index (χ4v) is 1.94. The minimum atomic E-state index is -0.580. The van der Waals surface area contributed by atoms with Crippen LogP contribution in [0, 0.1) is 6.92 Å². The zero-order chi connectivity index (χ0) is 15.2. The van der Waals surface area contributed by atoms with Crippen molar-refractivity contribution < 1.29 is 14.3 Å². The summed E-state index contributed by atoms with van der Waals surface area (Å²) in [6.45, 7) is 1.60. The van der Waals surface area contributed by atoms with Crippen LogP contribution in [0.1, 0.15) is 15.9 Å². The number of ether oxygens (including phenoxy) is 1. The van der Waals surface area contributed by atoms with Gasteiger partial charge in [-0.15, -0.1) is 0 Å². The number of carbonyl (C=O) groups excluding carboxylic acids is 2. The van der Waals surface area contributed by atoms with Crippen molar-refractivity contribution >= 4 is 33.5 Å². The van der Waals surface area contributed by atoms with Crippen molar-refractivity contribution in [3.8, 4) is 0 Å². The SMILES string of the molecule is Cc1ccc(NC(=O)COC(=O)c2cccnc2)cc1Br. The largest absolute Gasteiger partial charge is 0.452 e. The maximum Gasteiger partial charge on any atom is 0.340 e. The molecule has 0 radical (unpaired) electrons. The Bertz CT molecular complexity index is 659. The van der Waals surface area contributed by atoms with E-state index >= 15 is 0 Å². The number of aromatic nitrogens is 1. The summed E-state index contributed by atoms with van der Waals surface area (Å²) >= 11 is 3.39. The molecular weight excluding hydrogens is 336 g/mol. The summed E-state index contributed by atoms with van der Waals surface area (Å²) in [5, 5.41) is 2.66. The molecule has 0 spiro atoms. The maximum absolute atomic E-state index is 11.7. The molecule has 1 heterocycles. The lowest BCUT2D eigenvalue weighted by molar-refractivity contribution is -0.119. The van der Waals surface area contributed by atoms with Crippen molar-refractivity contribution in [2.45, 2.75) is 6.92 Å². The standard InChI is InChI=1S/C15H13BrN2O3/c1-10-4-5-12(7-13(10)16)18-14(19)9-21-15(20)11-3-2-6-17-8-11/h2-8H,9H2,1H3,(H,18,19). The second-order valence-electron chi connectivity index (χ2n) is 4.33. The molecule has 0 aliphatic carbocycles. The number of aryl methyl sites for hydroxylation is 1. The van der Waals surface area contributed by atoms with Gasteiger partial charge in [-0.05, 0) is 36.8 Å². The summed E-state index contributed by atoms with van der Waals surface area (Å²) in [4.78, 5) is 27.2. The van der Waals surface area contributed by atoms with E-state index in [1.807, 2.05) is 13.0 Å². The van der Waals surface area contributed by atoms with Gasteiger partial charge >= 0.3 is 5.97 Å². The highest BCUT2D eigenvalue weighted by Gasteiger charge is 2.10. The summed E-state index contributed by atoms with van der Waals surface area (Å²) in [5.74, 6) is -0.980. The number of benzene rings is 1. The number of anilines is 1. The number of carbonyl (C=O) groups is 2. The summed E-state index contributed by atoms with van der Waals surface area (Å²) in [5.41, 5.74) is 2.01. The minimum absolute atomic E-state index is 0.309. The highest BCUT2D eigenvalue weighted by atomic mass is 79.9. The number of pyridine rings is 1. The lowest BCUT2D eigenvalue weighted by atomic mass is 10.2. The van der Waals surface area contributed by atoms with E-state index in [2.05, 4.69) is 26.2 Å². The Kier molecular flexibility index (Phi) is 5.05. The van der Waals surface area contributed by atoms with Gasteiger partial charge in [0.2, 0.25) is 0 Å². The topological polar surface area (TPSA) is 68.3 Å². The molecule has 0 unspecified atom stereocenters. The number of amides is 1. The van der Waals surface area contributed by atoms with Crippen LogP contribution in [0.2, 0.25) is 0 Å². The Balaban J connectivity index is 1.87. The number of hydrogen-bond donors (Lipinski definition) is 1. The quantitative estimate of drug-likeness (QED) is 0.862. The third-order valence-electron chi connectivity index (χ3n) is 2.69. The molecule has 1 aromatic carbocycles. The number of rotatable bonds is 4. The van der Waals surface area contributed by atoms with E-state index < -0.39 is 11.9 Å². The van der Waals surface area contributed by atoms with E-state index in [4.69, 9.17) is 4.74 Å². The highest BCUT2D eigenvalue weighted by molar-refractivity contribution is 9.10. The monoisotopic (exact) mass is 348 g/mol. The number of hydrogen-bond acceptors (Lipinski definition) is 4. The highest BCUT2D eigenvalue weighted by Crippen LogP contribution is 2.20. The lowest BCUT2D eigenvalue weighted by Gasteiger charge is -2.07. The first-order chi connectivity index (χ1) is 10.1. The van der Waals surface area contributed by atoms with Crippen LogP contribution in [0.25, 0.3) is 0 Å². The van der Waals surface area contributed by atoms with Gasteiger partial charge in [0.05, 0.1) is 5.56 Å². The predicted molar refractivity (Wildman–Crippen MR) is 82.0 cm³/mol. The van der Waals surface area contributed by atoms with Crippen LogP contribution in [-0.4, -0.2) is 23.5 Å². The zero-order valence-electron chi connectivity index (χ0n) is 11.3. The molecule has 1 N–H and O–H groups in total. The van der Waals surface area contributed by atoms with Crippen LogP contribution in [-0.2, 0) is 9.53 Å². The molecule has 0 aliphatic heterocycles. The molecule has 6 heteroatoms. The van der Waals surface area contributed by atoms with E-state index in [0.29, 0.717) is 11.3 Å². The van der Waals surface area contributed by atoms with E-state index in [9.17, 15) is 9.59 Å². The van der Waals surface area contributed by atoms with E-state index in [1.54, 1.807) is 30.5 Å². The first kappa shape index (κ1) is 15.2. The molecule has 1 aromatic heterocycles. The Morgan fingerprint density at radius 2 is 2.14 bits per heavy atom. The third-order valence-corrected chi connectivity index (χ3v) is 3.54. The van der Waals surface area contributed by atoms with Crippen molar-refractivity contribution in [3.05, 3.63) is 58.3 Å². The molecule has 0 saturated heterocycles. The van der Waals surface area contributed by atoms with E-state index in [-0.39, 0.29) is 6.61 Å². The van der Waals surface area contributed by atoms with Gasteiger partial charge in [0.1, 0.15) is 0 Å². The molecule has 0 aliphatic rings. The van der Waals surface area contributed by atoms with E-state index in [1.165, 1.54) is 6.20 Å². The summed E-state index contributed by atoms with van der Waals surface area (Å²) in [6.07, 6.45) is 2.94. The van der Waals surface area contributed by atoms with Crippen molar-refractivity contribution in [2.24, 2.45) is 0 Å². The van der Waals surface area contributed by atoms with E-state index in [0.717, 1.165) is 10.0 Å². The van der Waals surface area contributed by atoms with Gasteiger partial charge in [0.15, 0.2) is 6.61 Å². The third kappa shape index (κ3) is 4.39. The number of esters is 1. The Morgan fingerprint density at radius 1 is 1.33 bits per heavy atom. The van der Waals surface area contributed by atoms with Gasteiger partial charge in [0, 0.05) is 22.6 Å². The molecule has 2 rings (SSSR count). The molecule has 0 saturated carbocycles. The van der Waals surface area contributed by atoms with Gasteiger partial charge in [-0.1, -0.05) is 22.0 Å². The molecule has 108 valence electrons. The molecule has 1 amide bonds. The molecular formula is C15H13BrN2O3. The average Bonchev–Trinajstić information content (AvgIpc) is 2.49. The van der Waals surface area contributed by atoms with Crippen molar-refractivity contribution in [1.29, 1.82) is 0 Å². The molecule has 0 fully saturated rings. The van der Waals surface area contributed by atoms with Crippen LogP contribution in [0.5, 0.6) is 0 Å². The van der Waals surface area contributed by atoms with Crippen LogP contribution >= 0.6 is 15.9 Å². The Labute approximate surface area is 130 Å². The molecule has 0 bridgehead atoms. The second-order valence-corrected chi connectivity index (χ2v) is 5.18. The predicted octanol–water partition coefficient (Wildman–Crippen LogP) is 2.95. The van der Waals surface area contributed by atoms with Crippen molar-refractivity contribution in [1.82, 2.24) is 4.98 Å². The van der Waals surface area contributed by atoms with Gasteiger partial charge in [-0.2, -0.15) is 0 Å². The summed E-state index contributed by atoms with van der Waals surface area (Å²) in [7, 11) is 0.